The van der Waals surface area contributed by atoms with Crippen LogP contribution in [0.4, 0.5) is 4.39 Å². The molecular formula is C28H30FN3O6. The van der Waals surface area contributed by atoms with Crippen molar-refractivity contribution < 1.29 is 33.7 Å². The third-order valence-electron chi connectivity index (χ3n) is 7.29. The molecule has 0 aliphatic carbocycles. The zero-order valence-electron chi connectivity index (χ0n) is 21.3. The molecular weight excluding hydrogens is 493 g/mol. The van der Waals surface area contributed by atoms with Gasteiger partial charge in [0.2, 0.25) is 0 Å². The average molecular weight is 524 g/mol. The summed E-state index contributed by atoms with van der Waals surface area (Å²) in [7, 11) is 3.10. The Bertz CT molecular complexity index is 1370. The number of ether oxygens (including phenoxy) is 2. The third-order valence-corrected chi connectivity index (χ3v) is 7.29. The number of hydrogen-bond donors (Lipinski definition) is 2. The zero-order valence-corrected chi connectivity index (χ0v) is 21.3. The van der Waals surface area contributed by atoms with Crippen LogP contribution in [-0.2, 0) is 19.5 Å². The molecule has 200 valence electrons. The normalized spacial score (nSPS) is 16.9. The highest BCUT2D eigenvalue weighted by molar-refractivity contribution is 6.06. The number of aliphatic hydroxyl groups excluding tert-OH is 1. The first kappa shape index (κ1) is 25.6. The van der Waals surface area contributed by atoms with E-state index >= 15 is 0 Å². The SMILES string of the molecule is COc1ccc(CN2CC(CCO)n3c4c(c(O)c3C2=O)C(=O)N(Cc2ccc(F)cc2)CC4)c(OC)c1. The summed E-state index contributed by atoms with van der Waals surface area (Å²) in [6.45, 7) is 1.05. The topological polar surface area (TPSA) is 104 Å². The lowest BCUT2D eigenvalue weighted by Crippen LogP contribution is -2.44. The first-order valence-corrected chi connectivity index (χ1v) is 12.5. The maximum absolute atomic E-state index is 13.7. The molecule has 0 bridgehead atoms. The van der Waals surface area contributed by atoms with Gasteiger partial charge in [-0.3, -0.25) is 9.59 Å². The van der Waals surface area contributed by atoms with Crippen molar-refractivity contribution in [3.63, 3.8) is 0 Å². The van der Waals surface area contributed by atoms with Gasteiger partial charge in [-0.25, -0.2) is 4.39 Å². The van der Waals surface area contributed by atoms with Crippen LogP contribution in [-0.4, -0.2) is 70.3 Å². The molecule has 0 saturated heterocycles. The Morgan fingerprint density at radius 1 is 1.00 bits per heavy atom. The minimum Gasteiger partial charge on any atom is -0.505 e. The van der Waals surface area contributed by atoms with E-state index in [0.717, 1.165) is 11.1 Å². The number of rotatable bonds is 8. The lowest BCUT2D eigenvalue weighted by Gasteiger charge is -2.36. The lowest BCUT2D eigenvalue weighted by molar-refractivity contribution is 0.0623. The molecule has 3 aromatic rings. The van der Waals surface area contributed by atoms with Crippen molar-refractivity contribution in [1.29, 1.82) is 0 Å². The Morgan fingerprint density at radius 3 is 2.45 bits per heavy atom. The summed E-state index contributed by atoms with van der Waals surface area (Å²) in [6.07, 6.45) is 0.794. The van der Waals surface area contributed by atoms with Gasteiger partial charge in [-0.05, 0) is 36.2 Å². The summed E-state index contributed by atoms with van der Waals surface area (Å²) in [5.74, 6) is -0.295. The first-order valence-electron chi connectivity index (χ1n) is 12.5. The number of nitrogens with zero attached hydrogens (tertiary/aromatic N) is 3. The van der Waals surface area contributed by atoms with E-state index in [1.807, 2.05) is 6.07 Å². The van der Waals surface area contributed by atoms with E-state index in [-0.39, 0.29) is 54.5 Å². The number of aromatic nitrogens is 1. The molecule has 2 N–H and O–H groups in total. The van der Waals surface area contributed by atoms with Crippen molar-refractivity contribution in [2.75, 3.05) is 33.9 Å². The molecule has 9 nitrogen and oxygen atoms in total. The fourth-order valence-electron chi connectivity index (χ4n) is 5.43. The Balaban J connectivity index is 1.48. The quantitative estimate of drug-likeness (QED) is 0.470. The number of amides is 2. The van der Waals surface area contributed by atoms with Crippen LogP contribution in [0.15, 0.2) is 42.5 Å². The fraction of sp³-hybridized carbons (Fsp3) is 0.357. The second kappa shape index (κ2) is 10.4. The predicted octanol–water partition coefficient (Wildman–Crippen LogP) is 3.13. The molecule has 2 amide bonds. The van der Waals surface area contributed by atoms with Gasteiger partial charge in [-0.15, -0.1) is 0 Å². The Kier molecular flexibility index (Phi) is 6.98. The van der Waals surface area contributed by atoms with Crippen molar-refractivity contribution in [2.24, 2.45) is 0 Å². The van der Waals surface area contributed by atoms with Crippen LogP contribution in [0.25, 0.3) is 0 Å². The molecule has 2 aliphatic heterocycles. The largest absolute Gasteiger partial charge is 0.505 e. The van der Waals surface area contributed by atoms with E-state index in [4.69, 9.17) is 9.47 Å². The summed E-state index contributed by atoms with van der Waals surface area (Å²) in [5.41, 5.74) is 2.31. The molecule has 0 spiro atoms. The molecule has 0 saturated carbocycles. The maximum Gasteiger partial charge on any atom is 0.274 e. The van der Waals surface area contributed by atoms with Crippen molar-refractivity contribution >= 4 is 11.8 Å². The van der Waals surface area contributed by atoms with Crippen LogP contribution < -0.4 is 9.47 Å². The summed E-state index contributed by atoms with van der Waals surface area (Å²) in [5, 5.41) is 21.1. The van der Waals surface area contributed by atoms with Crippen LogP contribution in [0.1, 0.15) is 50.1 Å². The third kappa shape index (κ3) is 4.45. The molecule has 0 radical (unpaired) electrons. The van der Waals surface area contributed by atoms with Gasteiger partial charge in [0.25, 0.3) is 11.8 Å². The monoisotopic (exact) mass is 523 g/mol. The molecule has 1 aromatic heterocycles. The molecule has 10 heteroatoms. The van der Waals surface area contributed by atoms with Crippen molar-refractivity contribution in [3.8, 4) is 17.2 Å². The lowest BCUT2D eigenvalue weighted by atomic mass is 10.0. The summed E-state index contributed by atoms with van der Waals surface area (Å²) >= 11 is 0. The highest BCUT2D eigenvalue weighted by Crippen LogP contribution is 2.41. The van der Waals surface area contributed by atoms with Crippen molar-refractivity contribution in [1.82, 2.24) is 14.4 Å². The van der Waals surface area contributed by atoms with Gasteiger partial charge in [0.1, 0.15) is 22.9 Å². The fourth-order valence-corrected chi connectivity index (χ4v) is 5.43. The van der Waals surface area contributed by atoms with Crippen LogP contribution >= 0.6 is 0 Å². The number of aliphatic hydroxyl groups is 1. The number of aromatic hydroxyl groups is 1. The summed E-state index contributed by atoms with van der Waals surface area (Å²) in [6, 6.07) is 10.9. The zero-order chi connectivity index (χ0) is 27.0. The molecule has 2 aliphatic rings. The standard InChI is InChI=1S/C28H30FN3O6/c1-37-21-8-5-18(23(13-21)38-2)15-31-16-20(10-12-33)32-22-9-11-30(14-17-3-6-19(29)7-4-17)27(35)24(22)26(34)25(32)28(31)36/h3-8,13,20,33-34H,9-12,14-16H2,1-2H3. The second-order valence-electron chi connectivity index (χ2n) is 9.52. The smallest absolute Gasteiger partial charge is 0.274 e. The molecule has 0 fully saturated rings. The number of benzene rings is 2. The van der Waals surface area contributed by atoms with Crippen LogP contribution in [0, 0.1) is 5.82 Å². The van der Waals surface area contributed by atoms with Gasteiger partial charge in [-0.1, -0.05) is 12.1 Å². The minimum atomic E-state index is -0.401. The van der Waals surface area contributed by atoms with Crippen LogP contribution in [0.5, 0.6) is 17.2 Å². The maximum atomic E-state index is 13.7. The number of carbonyl (C=O) groups excluding carboxylic acids is 2. The van der Waals surface area contributed by atoms with Gasteiger partial charge >= 0.3 is 0 Å². The van der Waals surface area contributed by atoms with E-state index in [9.17, 15) is 24.2 Å². The number of carbonyl (C=O) groups is 2. The Morgan fingerprint density at radius 2 is 1.76 bits per heavy atom. The highest BCUT2D eigenvalue weighted by Gasteiger charge is 2.42. The molecule has 2 aromatic carbocycles. The van der Waals surface area contributed by atoms with Gasteiger partial charge in [0.05, 0.1) is 20.3 Å². The van der Waals surface area contributed by atoms with Gasteiger partial charge in [0.15, 0.2) is 11.4 Å². The van der Waals surface area contributed by atoms with Gasteiger partial charge < -0.3 is 34.1 Å². The van der Waals surface area contributed by atoms with E-state index in [1.165, 1.54) is 12.1 Å². The van der Waals surface area contributed by atoms with E-state index in [0.29, 0.717) is 43.1 Å². The van der Waals surface area contributed by atoms with E-state index < -0.39 is 5.91 Å². The van der Waals surface area contributed by atoms with Crippen LogP contribution in [0.3, 0.4) is 0 Å². The number of halogens is 1. The Labute approximate surface area is 219 Å². The summed E-state index contributed by atoms with van der Waals surface area (Å²) in [4.78, 5) is 30.4. The summed E-state index contributed by atoms with van der Waals surface area (Å²) < 4.78 is 25.8. The van der Waals surface area contributed by atoms with E-state index in [2.05, 4.69) is 0 Å². The molecule has 1 unspecified atom stereocenters. The second-order valence-corrected chi connectivity index (χ2v) is 9.52. The van der Waals surface area contributed by atoms with Crippen molar-refractivity contribution in [2.45, 2.75) is 32.0 Å². The van der Waals surface area contributed by atoms with E-state index in [1.54, 1.807) is 52.9 Å². The number of hydrogen-bond acceptors (Lipinski definition) is 6. The molecule has 38 heavy (non-hydrogen) atoms. The predicted molar refractivity (Wildman–Crippen MR) is 136 cm³/mol. The number of fused-ring (bicyclic) bond motifs is 3. The molecule has 5 rings (SSSR count). The molecule has 1 atom stereocenters. The average Bonchev–Trinajstić information content (AvgIpc) is 3.23. The van der Waals surface area contributed by atoms with Gasteiger partial charge in [0, 0.05) is 56.5 Å². The first-order chi connectivity index (χ1) is 18.4. The number of methoxy groups -OCH3 is 2. The van der Waals surface area contributed by atoms with Crippen molar-refractivity contribution in [3.05, 3.63) is 76.4 Å². The highest BCUT2D eigenvalue weighted by atomic mass is 19.1. The van der Waals surface area contributed by atoms with Crippen LogP contribution in [0.2, 0.25) is 0 Å². The van der Waals surface area contributed by atoms with Gasteiger partial charge in [-0.2, -0.15) is 0 Å². The minimum absolute atomic E-state index is 0.0594. The Hall–Kier alpha value is -4.05. The molecule has 3 heterocycles.